The van der Waals surface area contributed by atoms with Gasteiger partial charge in [0.25, 0.3) is 0 Å². The van der Waals surface area contributed by atoms with E-state index in [2.05, 4.69) is 42.5 Å². The molecule has 1 heteroatoms. The molecule has 0 heterocycles. The third-order valence-electron chi connectivity index (χ3n) is 3.21. The zero-order chi connectivity index (χ0) is 11.8. The summed E-state index contributed by atoms with van der Waals surface area (Å²) in [6.45, 7) is 1.79. The highest BCUT2D eigenvalue weighted by Crippen LogP contribution is 2.25. The topological polar surface area (TPSA) is 20.2 Å². The van der Waals surface area contributed by atoms with E-state index in [0.717, 1.165) is 5.56 Å². The van der Waals surface area contributed by atoms with Gasteiger partial charge in [-0.1, -0.05) is 36.4 Å². The molecule has 0 fully saturated rings. The van der Waals surface area contributed by atoms with Crippen LogP contribution in [0, 0.1) is 0 Å². The summed E-state index contributed by atoms with van der Waals surface area (Å²) in [7, 11) is 0. The lowest BCUT2D eigenvalue weighted by atomic mass is 10.0. The van der Waals surface area contributed by atoms with Gasteiger partial charge in [0.15, 0.2) is 0 Å². The predicted molar refractivity (Wildman–Crippen MR) is 72.1 cm³/mol. The molecule has 1 N–H and O–H groups in total. The summed E-state index contributed by atoms with van der Waals surface area (Å²) in [5.41, 5.74) is 0.966. The number of aliphatic hydroxyl groups is 1. The first kappa shape index (κ1) is 10.3. The van der Waals surface area contributed by atoms with E-state index in [9.17, 15) is 5.11 Å². The lowest BCUT2D eigenvalue weighted by Crippen LogP contribution is -1.90. The van der Waals surface area contributed by atoms with Crippen LogP contribution < -0.4 is 0 Å². The van der Waals surface area contributed by atoms with Crippen molar-refractivity contribution < 1.29 is 5.11 Å². The van der Waals surface area contributed by atoms with Crippen LogP contribution in [0.5, 0.6) is 0 Å². The van der Waals surface area contributed by atoms with Gasteiger partial charge < -0.3 is 5.11 Å². The second-order valence-electron chi connectivity index (χ2n) is 4.48. The van der Waals surface area contributed by atoms with Crippen LogP contribution in [0.4, 0.5) is 0 Å². The third-order valence-corrected chi connectivity index (χ3v) is 3.21. The van der Waals surface area contributed by atoms with Crippen LogP contribution in [0.1, 0.15) is 18.6 Å². The van der Waals surface area contributed by atoms with Gasteiger partial charge in [0.2, 0.25) is 0 Å². The number of fused-ring (bicyclic) bond motifs is 2. The van der Waals surface area contributed by atoms with Crippen molar-refractivity contribution in [3.8, 4) is 0 Å². The molecule has 0 bridgehead atoms. The number of rotatable bonds is 1. The zero-order valence-electron chi connectivity index (χ0n) is 9.72. The molecule has 0 aliphatic rings. The fourth-order valence-corrected chi connectivity index (χ4v) is 2.22. The van der Waals surface area contributed by atoms with Crippen molar-refractivity contribution in [1.82, 2.24) is 0 Å². The Morgan fingerprint density at radius 2 is 1.35 bits per heavy atom. The molecule has 1 nitrogen and oxygen atoms in total. The second-order valence-corrected chi connectivity index (χ2v) is 4.48. The lowest BCUT2D eigenvalue weighted by molar-refractivity contribution is 0.199. The van der Waals surface area contributed by atoms with Crippen molar-refractivity contribution in [2.75, 3.05) is 0 Å². The molecule has 0 aliphatic heterocycles. The molecule has 0 saturated carbocycles. The van der Waals surface area contributed by atoms with E-state index in [0.29, 0.717) is 0 Å². The maximum atomic E-state index is 9.60. The summed E-state index contributed by atoms with van der Waals surface area (Å²) < 4.78 is 0. The van der Waals surface area contributed by atoms with Crippen LogP contribution in [-0.2, 0) is 0 Å². The highest BCUT2D eigenvalue weighted by Gasteiger charge is 2.03. The Morgan fingerprint density at radius 1 is 0.765 bits per heavy atom. The molecule has 3 aromatic carbocycles. The molecule has 0 saturated heterocycles. The third kappa shape index (κ3) is 1.79. The molecular weight excluding hydrogens is 208 g/mol. The molecule has 3 aromatic rings. The number of hydrogen-bond donors (Lipinski definition) is 1. The Morgan fingerprint density at radius 3 is 2.00 bits per heavy atom. The van der Waals surface area contributed by atoms with Gasteiger partial charge in [-0.2, -0.15) is 0 Å². The maximum Gasteiger partial charge on any atom is 0.0762 e. The molecular formula is C16H14O. The van der Waals surface area contributed by atoms with Crippen LogP contribution in [0.15, 0.2) is 54.6 Å². The summed E-state index contributed by atoms with van der Waals surface area (Å²) in [6, 6.07) is 18.8. The molecule has 0 amide bonds. The van der Waals surface area contributed by atoms with E-state index in [1.165, 1.54) is 21.5 Å². The van der Waals surface area contributed by atoms with Gasteiger partial charge in [0.05, 0.1) is 6.10 Å². The Labute approximate surface area is 100 Å². The van der Waals surface area contributed by atoms with Crippen molar-refractivity contribution in [3.63, 3.8) is 0 Å². The molecule has 17 heavy (non-hydrogen) atoms. The van der Waals surface area contributed by atoms with Gasteiger partial charge in [0.1, 0.15) is 0 Å². The summed E-state index contributed by atoms with van der Waals surface area (Å²) >= 11 is 0. The van der Waals surface area contributed by atoms with E-state index >= 15 is 0 Å². The van der Waals surface area contributed by atoms with Gasteiger partial charge in [-0.25, -0.2) is 0 Å². The Hall–Kier alpha value is -1.86. The average Bonchev–Trinajstić information content (AvgIpc) is 2.35. The minimum Gasteiger partial charge on any atom is -0.389 e. The minimum absolute atomic E-state index is 0.411. The summed E-state index contributed by atoms with van der Waals surface area (Å²) in [4.78, 5) is 0. The maximum absolute atomic E-state index is 9.60. The normalized spacial score (nSPS) is 13.1. The standard InChI is InChI=1S/C16H14O/c1-11(17)12-6-7-15-9-13-4-2-3-5-14(13)10-16(15)8-12/h2-11,17H,1H3/t11-/m0/s1. The molecule has 0 radical (unpaired) electrons. The predicted octanol–water partition coefficient (Wildman–Crippen LogP) is 4.05. The summed E-state index contributed by atoms with van der Waals surface area (Å²) in [5.74, 6) is 0. The Bertz CT molecular complexity index is 683. The average molecular weight is 222 g/mol. The van der Waals surface area contributed by atoms with E-state index in [1.54, 1.807) is 6.92 Å². The molecule has 0 aromatic heterocycles. The Balaban J connectivity index is 2.32. The second kappa shape index (κ2) is 3.86. The zero-order valence-corrected chi connectivity index (χ0v) is 9.72. The number of benzene rings is 3. The van der Waals surface area contributed by atoms with Crippen LogP contribution in [0.2, 0.25) is 0 Å². The summed E-state index contributed by atoms with van der Waals surface area (Å²) in [5, 5.41) is 14.5. The molecule has 0 aliphatic carbocycles. The van der Waals surface area contributed by atoms with Crippen molar-refractivity contribution in [2.45, 2.75) is 13.0 Å². The number of aliphatic hydroxyl groups excluding tert-OH is 1. The Kier molecular flexibility index (Phi) is 2.34. The fraction of sp³-hybridized carbons (Fsp3) is 0.125. The molecule has 0 unspecified atom stereocenters. The van der Waals surface area contributed by atoms with E-state index in [4.69, 9.17) is 0 Å². The smallest absolute Gasteiger partial charge is 0.0762 e. The van der Waals surface area contributed by atoms with Gasteiger partial charge in [-0.05, 0) is 52.2 Å². The highest BCUT2D eigenvalue weighted by molar-refractivity contribution is 5.98. The van der Waals surface area contributed by atoms with Crippen LogP contribution >= 0.6 is 0 Å². The van der Waals surface area contributed by atoms with Crippen LogP contribution in [-0.4, -0.2) is 5.11 Å². The number of hydrogen-bond acceptors (Lipinski definition) is 1. The molecule has 1 atom stereocenters. The first-order chi connectivity index (χ1) is 8.24. The van der Waals surface area contributed by atoms with E-state index in [1.807, 2.05) is 12.1 Å². The molecule has 3 rings (SSSR count). The van der Waals surface area contributed by atoms with Gasteiger partial charge in [0, 0.05) is 0 Å². The highest BCUT2D eigenvalue weighted by atomic mass is 16.3. The quantitative estimate of drug-likeness (QED) is 0.616. The minimum atomic E-state index is -0.411. The fourth-order valence-electron chi connectivity index (χ4n) is 2.22. The van der Waals surface area contributed by atoms with Crippen molar-refractivity contribution >= 4 is 21.5 Å². The molecule has 0 spiro atoms. The lowest BCUT2D eigenvalue weighted by Gasteiger charge is -2.07. The van der Waals surface area contributed by atoms with Crippen molar-refractivity contribution in [3.05, 3.63) is 60.2 Å². The first-order valence-corrected chi connectivity index (χ1v) is 5.84. The largest absolute Gasteiger partial charge is 0.389 e. The molecule has 84 valence electrons. The van der Waals surface area contributed by atoms with Crippen LogP contribution in [0.3, 0.4) is 0 Å². The SMILES string of the molecule is C[C@H](O)c1ccc2cc3ccccc3cc2c1. The van der Waals surface area contributed by atoms with Gasteiger partial charge >= 0.3 is 0 Å². The van der Waals surface area contributed by atoms with Crippen molar-refractivity contribution in [2.24, 2.45) is 0 Å². The van der Waals surface area contributed by atoms with Crippen LogP contribution in [0.25, 0.3) is 21.5 Å². The summed E-state index contributed by atoms with van der Waals surface area (Å²) in [6.07, 6.45) is -0.411. The van der Waals surface area contributed by atoms with Gasteiger partial charge in [-0.3, -0.25) is 0 Å². The van der Waals surface area contributed by atoms with E-state index < -0.39 is 6.10 Å². The monoisotopic (exact) mass is 222 g/mol. The van der Waals surface area contributed by atoms with Gasteiger partial charge in [-0.15, -0.1) is 0 Å². The van der Waals surface area contributed by atoms with Crippen molar-refractivity contribution in [1.29, 1.82) is 0 Å². The van der Waals surface area contributed by atoms with E-state index in [-0.39, 0.29) is 0 Å². The first-order valence-electron chi connectivity index (χ1n) is 5.84.